The van der Waals surface area contributed by atoms with Gasteiger partial charge in [-0.25, -0.2) is 13.5 Å². The molecular weight excluding hydrogens is 246 g/mol. The molecular formula is C10H8F2N4O2. The molecule has 0 bridgehead atoms. The average Bonchev–Trinajstić information content (AvgIpc) is 2.72. The van der Waals surface area contributed by atoms with Gasteiger partial charge in [-0.05, 0) is 29.0 Å². The van der Waals surface area contributed by atoms with Crippen LogP contribution in [-0.2, 0) is 11.3 Å². The SMILES string of the molecule is Cc1ccc(F)c(-c2nnnn2CC(=O)O)c1F. The van der Waals surface area contributed by atoms with Crippen LogP contribution >= 0.6 is 0 Å². The molecule has 0 aliphatic heterocycles. The number of tetrazole rings is 1. The minimum atomic E-state index is -1.21. The summed E-state index contributed by atoms with van der Waals surface area (Å²) in [4.78, 5) is 10.6. The monoisotopic (exact) mass is 254 g/mol. The van der Waals surface area contributed by atoms with E-state index in [0.29, 0.717) is 0 Å². The molecule has 0 aliphatic carbocycles. The van der Waals surface area contributed by atoms with Crippen molar-refractivity contribution in [2.24, 2.45) is 0 Å². The van der Waals surface area contributed by atoms with Gasteiger partial charge in [-0.3, -0.25) is 4.79 Å². The lowest BCUT2D eigenvalue weighted by atomic mass is 10.1. The second-order valence-corrected chi connectivity index (χ2v) is 3.61. The van der Waals surface area contributed by atoms with Gasteiger partial charge in [-0.15, -0.1) is 5.10 Å². The first-order valence-electron chi connectivity index (χ1n) is 4.93. The van der Waals surface area contributed by atoms with Crippen molar-refractivity contribution in [3.05, 3.63) is 29.3 Å². The summed E-state index contributed by atoms with van der Waals surface area (Å²) in [6, 6.07) is 2.35. The highest BCUT2D eigenvalue weighted by molar-refractivity contribution is 5.68. The predicted octanol–water partition coefficient (Wildman–Crippen LogP) is 1.01. The zero-order chi connectivity index (χ0) is 13.3. The Morgan fingerprint density at radius 1 is 1.44 bits per heavy atom. The molecule has 18 heavy (non-hydrogen) atoms. The fourth-order valence-electron chi connectivity index (χ4n) is 1.48. The normalized spacial score (nSPS) is 10.6. The van der Waals surface area contributed by atoms with Crippen LogP contribution in [-0.4, -0.2) is 31.3 Å². The van der Waals surface area contributed by atoms with E-state index in [4.69, 9.17) is 5.11 Å². The summed E-state index contributed by atoms with van der Waals surface area (Å²) in [5.74, 6) is -3.12. The summed E-state index contributed by atoms with van der Waals surface area (Å²) in [7, 11) is 0. The third-order valence-electron chi connectivity index (χ3n) is 2.32. The van der Waals surface area contributed by atoms with Gasteiger partial charge in [-0.2, -0.15) is 0 Å². The maximum Gasteiger partial charge on any atom is 0.325 e. The van der Waals surface area contributed by atoms with Crippen LogP contribution in [0.15, 0.2) is 12.1 Å². The fourth-order valence-corrected chi connectivity index (χ4v) is 1.48. The number of carbonyl (C=O) groups is 1. The second-order valence-electron chi connectivity index (χ2n) is 3.61. The number of carboxylic acids is 1. The topological polar surface area (TPSA) is 80.9 Å². The van der Waals surface area contributed by atoms with E-state index in [1.54, 1.807) is 0 Å². The summed E-state index contributed by atoms with van der Waals surface area (Å²) in [5.41, 5.74) is -0.211. The number of aromatic nitrogens is 4. The summed E-state index contributed by atoms with van der Waals surface area (Å²) >= 11 is 0. The van der Waals surface area contributed by atoms with Crippen molar-refractivity contribution in [3.63, 3.8) is 0 Å². The van der Waals surface area contributed by atoms with E-state index < -0.39 is 29.7 Å². The van der Waals surface area contributed by atoms with Crippen LogP contribution in [0.25, 0.3) is 11.4 Å². The van der Waals surface area contributed by atoms with E-state index in [9.17, 15) is 13.6 Å². The van der Waals surface area contributed by atoms with Gasteiger partial charge in [-0.1, -0.05) is 6.07 Å². The number of aliphatic carboxylic acids is 1. The van der Waals surface area contributed by atoms with Gasteiger partial charge in [0.25, 0.3) is 0 Å². The third kappa shape index (κ3) is 2.04. The number of benzene rings is 1. The van der Waals surface area contributed by atoms with E-state index in [2.05, 4.69) is 15.5 Å². The van der Waals surface area contributed by atoms with E-state index in [1.807, 2.05) is 0 Å². The van der Waals surface area contributed by atoms with Gasteiger partial charge in [0, 0.05) is 0 Å². The summed E-state index contributed by atoms with van der Waals surface area (Å²) in [6.45, 7) is 0.888. The number of aryl methyl sites for hydroxylation is 1. The summed E-state index contributed by atoms with van der Waals surface area (Å²) in [5, 5.41) is 18.7. The Bertz CT molecular complexity index is 612. The van der Waals surface area contributed by atoms with E-state index >= 15 is 0 Å². The zero-order valence-corrected chi connectivity index (χ0v) is 9.26. The van der Waals surface area contributed by atoms with E-state index in [-0.39, 0.29) is 11.4 Å². The van der Waals surface area contributed by atoms with Gasteiger partial charge in [0.2, 0.25) is 0 Å². The predicted molar refractivity (Wildman–Crippen MR) is 55.5 cm³/mol. The Kier molecular flexibility index (Phi) is 3.00. The number of hydrogen-bond acceptors (Lipinski definition) is 4. The van der Waals surface area contributed by atoms with Gasteiger partial charge in [0.15, 0.2) is 5.82 Å². The Labute approximate surface area is 99.9 Å². The van der Waals surface area contributed by atoms with Crippen molar-refractivity contribution in [2.45, 2.75) is 13.5 Å². The van der Waals surface area contributed by atoms with E-state index in [1.165, 1.54) is 13.0 Å². The molecule has 0 saturated heterocycles. The molecule has 0 amide bonds. The Balaban J connectivity index is 2.59. The third-order valence-corrected chi connectivity index (χ3v) is 2.32. The van der Waals surface area contributed by atoms with Crippen LogP contribution in [0.3, 0.4) is 0 Å². The minimum Gasteiger partial charge on any atom is -0.480 e. The highest BCUT2D eigenvalue weighted by Crippen LogP contribution is 2.25. The van der Waals surface area contributed by atoms with Crippen molar-refractivity contribution < 1.29 is 18.7 Å². The first-order chi connectivity index (χ1) is 8.50. The number of rotatable bonds is 3. The molecule has 1 heterocycles. The lowest BCUT2D eigenvalue weighted by molar-refractivity contribution is -0.137. The van der Waals surface area contributed by atoms with Crippen molar-refractivity contribution >= 4 is 5.97 Å². The highest BCUT2D eigenvalue weighted by atomic mass is 19.1. The molecule has 1 aromatic heterocycles. The zero-order valence-electron chi connectivity index (χ0n) is 9.26. The Morgan fingerprint density at radius 3 is 2.83 bits per heavy atom. The van der Waals surface area contributed by atoms with Crippen LogP contribution < -0.4 is 0 Å². The fraction of sp³-hybridized carbons (Fsp3) is 0.200. The number of hydrogen-bond donors (Lipinski definition) is 1. The molecule has 8 heteroatoms. The van der Waals surface area contributed by atoms with Crippen LogP contribution in [0.5, 0.6) is 0 Å². The number of carboxylic acid groups (broad SMARTS) is 1. The van der Waals surface area contributed by atoms with Gasteiger partial charge in [0.05, 0.1) is 5.56 Å². The molecule has 0 fully saturated rings. The maximum atomic E-state index is 13.8. The molecule has 0 atom stereocenters. The minimum absolute atomic E-state index is 0.219. The van der Waals surface area contributed by atoms with E-state index in [0.717, 1.165) is 10.7 Å². The molecule has 0 radical (unpaired) electrons. The smallest absolute Gasteiger partial charge is 0.325 e. The van der Waals surface area contributed by atoms with Gasteiger partial charge >= 0.3 is 5.97 Å². The molecule has 0 saturated carbocycles. The average molecular weight is 254 g/mol. The largest absolute Gasteiger partial charge is 0.480 e. The highest BCUT2D eigenvalue weighted by Gasteiger charge is 2.20. The number of halogens is 2. The lowest BCUT2D eigenvalue weighted by Gasteiger charge is -2.06. The summed E-state index contributed by atoms with van der Waals surface area (Å²) < 4.78 is 28.3. The molecule has 2 aromatic rings. The molecule has 94 valence electrons. The van der Waals surface area contributed by atoms with Crippen LogP contribution in [0, 0.1) is 18.6 Å². The van der Waals surface area contributed by atoms with Crippen molar-refractivity contribution in [1.29, 1.82) is 0 Å². The molecule has 1 aromatic carbocycles. The maximum absolute atomic E-state index is 13.8. The Hall–Kier alpha value is -2.38. The molecule has 6 nitrogen and oxygen atoms in total. The first-order valence-corrected chi connectivity index (χ1v) is 4.93. The second kappa shape index (κ2) is 4.47. The molecule has 0 spiro atoms. The summed E-state index contributed by atoms with van der Waals surface area (Å²) in [6.07, 6.45) is 0. The number of nitrogens with zero attached hydrogens (tertiary/aromatic N) is 4. The first kappa shape index (κ1) is 12.1. The Morgan fingerprint density at radius 2 is 2.17 bits per heavy atom. The van der Waals surface area contributed by atoms with Crippen LogP contribution in [0.2, 0.25) is 0 Å². The van der Waals surface area contributed by atoms with Crippen molar-refractivity contribution in [3.8, 4) is 11.4 Å². The molecule has 1 N–H and O–H groups in total. The molecule has 0 unspecified atom stereocenters. The quantitative estimate of drug-likeness (QED) is 0.884. The standard InChI is InChI=1S/C10H8F2N4O2/c1-5-2-3-6(11)8(9(5)12)10-13-14-15-16(10)4-7(17)18/h2-3H,4H2,1H3,(H,17,18). The molecule has 2 rings (SSSR count). The van der Waals surface area contributed by atoms with Crippen LogP contribution in [0.1, 0.15) is 5.56 Å². The van der Waals surface area contributed by atoms with Gasteiger partial charge in [0.1, 0.15) is 18.2 Å². The lowest BCUT2D eigenvalue weighted by Crippen LogP contribution is -2.12. The van der Waals surface area contributed by atoms with Gasteiger partial charge < -0.3 is 5.11 Å². The van der Waals surface area contributed by atoms with Crippen molar-refractivity contribution in [2.75, 3.05) is 0 Å². The molecule has 0 aliphatic rings. The van der Waals surface area contributed by atoms with Crippen molar-refractivity contribution in [1.82, 2.24) is 20.2 Å². The van der Waals surface area contributed by atoms with Crippen LogP contribution in [0.4, 0.5) is 8.78 Å².